The van der Waals surface area contributed by atoms with Gasteiger partial charge in [0, 0.05) is 29.3 Å². The van der Waals surface area contributed by atoms with Crippen molar-refractivity contribution in [2.45, 2.75) is 25.6 Å². The molecule has 112 valence electrons. The van der Waals surface area contributed by atoms with Crippen molar-refractivity contribution in [1.29, 1.82) is 0 Å². The lowest BCUT2D eigenvalue weighted by Crippen LogP contribution is -2.10. The molecule has 0 bridgehead atoms. The van der Waals surface area contributed by atoms with Crippen molar-refractivity contribution in [2.24, 2.45) is 10.7 Å². The van der Waals surface area contributed by atoms with E-state index in [0.717, 1.165) is 10.9 Å². The first kappa shape index (κ1) is 15.4. The minimum Gasteiger partial charge on any atom is -0.497 e. The highest BCUT2D eigenvalue weighted by molar-refractivity contribution is 8.13. The van der Waals surface area contributed by atoms with Gasteiger partial charge < -0.3 is 14.9 Å². The van der Waals surface area contributed by atoms with Crippen molar-refractivity contribution in [3.8, 4) is 5.75 Å². The molecule has 0 aliphatic heterocycles. The van der Waals surface area contributed by atoms with Crippen LogP contribution in [0.15, 0.2) is 38.5 Å². The summed E-state index contributed by atoms with van der Waals surface area (Å²) >= 11 is 1.41. The summed E-state index contributed by atoms with van der Waals surface area (Å²) < 4.78 is 10.3. The van der Waals surface area contributed by atoms with Gasteiger partial charge in [-0.2, -0.15) is 0 Å². The minimum absolute atomic E-state index is 0.152. The molecule has 1 aromatic heterocycles. The lowest BCUT2D eigenvalue weighted by Gasteiger charge is -2.07. The second-order valence-corrected chi connectivity index (χ2v) is 5.80. The molecule has 1 heterocycles. The van der Waals surface area contributed by atoms with Crippen molar-refractivity contribution in [1.82, 2.24) is 0 Å². The second kappa shape index (κ2) is 6.67. The van der Waals surface area contributed by atoms with Crippen LogP contribution in [0.4, 0.5) is 0 Å². The number of hydrogen-bond donors (Lipinski definition) is 1. The molecule has 0 radical (unpaired) electrons. The van der Waals surface area contributed by atoms with Gasteiger partial charge in [0.05, 0.1) is 7.11 Å². The summed E-state index contributed by atoms with van der Waals surface area (Å²) in [4.78, 5) is 15.9. The summed E-state index contributed by atoms with van der Waals surface area (Å²) in [6.45, 7) is 3.93. The van der Waals surface area contributed by atoms with Gasteiger partial charge in [-0.1, -0.05) is 11.8 Å². The third-order valence-electron chi connectivity index (χ3n) is 2.80. The van der Waals surface area contributed by atoms with E-state index in [1.807, 2.05) is 26.0 Å². The van der Waals surface area contributed by atoms with Gasteiger partial charge in [0.15, 0.2) is 5.17 Å². The molecule has 0 saturated carbocycles. The van der Waals surface area contributed by atoms with Crippen LogP contribution < -0.4 is 16.1 Å². The van der Waals surface area contributed by atoms with Gasteiger partial charge in [-0.05, 0) is 31.5 Å². The van der Waals surface area contributed by atoms with Gasteiger partial charge in [0.2, 0.25) is 0 Å². The fourth-order valence-corrected chi connectivity index (χ4v) is 2.73. The van der Waals surface area contributed by atoms with Crippen LogP contribution in [-0.4, -0.2) is 18.3 Å². The Hall–Kier alpha value is -1.95. The number of benzene rings is 1. The van der Waals surface area contributed by atoms with Gasteiger partial charge in [-0.25, -0.2) is 4.79 Å². The molecule has 21 heavy (non-hydrogen) atoms. The quantitative estimate of drug-likeness (QED) is 0.534. The Labute approximate surface area is 127 Å². The number of amidine groups is 1. The first-order chi connectivity index (χ1) is 9.99. The Morgan fingerprint density at radius 1 is 1.43 bits per heavy atom. The predicted octanol–water partition coefficient (Wildman–Crippen LogP) is 2.76. The molecule has 0 aliphatic carbocycles. The van der Waals surface area contributed by atoms with Gasteiger partial charge in [-0.15, -0.1) is 0 Å². The van der Waals surface area contributed by atoms with E-state index in [0.29, 0.717) is 22.3 Å². The molecule has 2 rings (SSSR count). The van der Waals surface area contributed by atoms with E-state index in [1.54, 1.807) is 13.2 Å². The number of aliphatic imine (C=N–C) groups is 1. The molecule has 0 fully saturated rings. The summed E-state index contributed by atoms with van der Waals surface area (Å²) in [5, 5.41) is 1.39. The average Bonchev–Trinajstić information content (AvgIpc) is 2.43. The zero-order chi connectivity index (χ0) is 15.4. The Morgan fingerprint density at radius 2 is 2.19 bits per heavy atom. The van der Waals surface area contributed by atoms with E-state index in [1.165, 1.54) is 17.8 Å². The highest BCUT2D eigenvalue weighted by Crippen LogP contribution is 2.25. The fraction of sp³-hybridized carbons (Fsp3) is 0.333. The number of hydrogen-bond acceptors (Lipinski definition) is 5. The highest BCUT2D eigenvalue weighted by atomic mass is 32.2. The fourth-order valence-electron chi connectivity index (χ4n) is 1.90. The third kappa shape index (κ3) is 4.01. The van der Waals surface area contributed by atoms with E-state index in [9.17, 15) is 4.79 Å². The van der Waals surface area contributed by atoms with E-state index < -0.39 is 0 Å². The Morgan fingerprint density at radius 3 is 2.86 bits per heavy atom. The number of rotatable bonds is 4. The zero-order valence-corrected chi connectivity index (χ0v) is 13.1. The minimum atomic E-state index is -0.384. The van der Waals surface area contributed by atoms with E-state index in [4.69, 9.17) is 14.9 Å². The molecule has 0 aliphatic rings. The largest absolute Gasteiger partial charge is 0.497 e. The number of fused-ring (bicyclic) bond motifs is 1. The smallest absolute Gasteiger partial charge is 0.336 e. The molecule has 6 heteroatoms. The van der Waals surface area contributed by atoms with Gasteiger partial charge in [0.1, 0.15) is 11.3 Å². The molecule has 1 aromatic carbocycles. The van der Waals surface area contributed by atoms with Gasteiger partial charge >= 0.3 is 5.63 Å². The zero-order valence-electron chi connectivity index (χ0n) is 12.3. The van der Waals surface area contributed by atoms with E-state index in [2.05, 4.69) is 4.99 Å². The molecular weight excluding hydrogens is 288 g/mol. The first-order valence-electron chi connectivity index (χ1n) is 6.56. The molecule has 2 aromatic rings. The summed E-state index contributed by atoms with van der Waals surface area (Å²) in [5.74, 6) is 1.22. The van der Waals surface area contributed by atoms with E-state index >= 15 is 0 Å². The lowest BCUT2D eigenvalue weighted by molar-refractivity contribution is 0.414. The van der Waals surface area contributed by atoms with Crippen molar-refractivity contribution in [3.05, 3.63) is 40.2 Å². The van der Waals surface area contributed by atoms with Crippen molar-refractivity contribution in [2.75, 3.05) is 7.11 Å². The Balaban J connectivity index is 2.33. The van der Waals surface area contributed by atoms with Crippen molar-refractivity contribution >= 4 is 27.9 Å². The molecule has 0 atom stereocenters. The number of ether oxygens (including phenoxy) is 1. The molecule has 0 unspecified atom stereocenters. The number of thioether (sulfide) groups is 1. The van der Waals surface area contributed by atoms with E-state index in [-0.39, 0.29) is 11.7 Å². The number of nitrogens with zero attached hydrogens (tertiary/aromatic N) is 1. The first-order valence-corrected chi connectivity index (χ1v) is 7.55. The molecule has 2 N–H and O–H groups in total. The number of methoxy groups -OCH3 is 1. The summed E-state index contributed by atoms with van der Waals surface area (Å²) in [7, 11) is 1.57. The monoisotopic (exact) mass is 306 g/mol. The van der Waals surface area contributed by atoms with Crippen LogP contribution in [0.5, 0.6) is 5.75 Å². The molecule has 0 amide bonds. The van der Waals surface area contributed by atoms with Crippen molar-refractivity contribution in [3.63, 3.8) is 0 Å². The standard InChI is InChI=1S/C15H18N2O3S/c1-9(2)17-15(16)21-8-10-6-14(18)20-13-7-11(19-3)4-5-12(10)13/h4-7,9H,8H2,1-3H3,(H2,16,17). The SMILES string of the molecule is COc1ccc2c(CSC(N)=NC(C)C)cc(=O)oc2c1. The Bertz CT molecular complexity index is 722. The van der Waals surface area contributed by atoms with Gasteiger partial charge in [0.25, 0.3) is 0 Å². The topological polar surface area (TPSA) is 77.8 Å². The van der Waals surface area contributed by atoms with Crippen molar-refractivity contribution < 1.29 is 9.15 Å². The molecule has 0 saturated heterocycles. The molecule has 5 nitrogen and oxygen atoms in total. The molecule has 0 spiro atoms. The summed E-state index contributed by atoms with van der Waals surface area (Å²) in [6, 6.07) is 7.06. The third-order valence-corrected chi connectivity index (χ3v) is 3.65. The second-order valence-electron chi connectivity index (χ2n) is 4.80. The van der Waals surface area contributed by atoms with Crippen LogP contribution in [0, 0.1) is 0 Å². The Kier molecular flexibility index (Phi) is 4.90. The summed E-state index contributed by atoms with van der Waals surface area (Å²) in [6.07, 6.45) is 0. The normalized spacial score (nSPS) is 12.1. The highest BCUT2D eigenvalue weighted by Gasteiger charge is 2.08. The van der Waals surface area contributed by atoms with Crippen LogP contribution >= 0.6 is 11.8 Å². The van der Waals surface area contributed by atoms with Crippen LogP contribution in [0.2, 0.25) is 0 Å². The van der Waals surface area contributed by atoms with Crippen LogP contribution in [0.3, 0.4) is 0 Å². The predicted molar refractivity (Wildman–Crippen MR) is 87.1 cm³/mol. The average molecular weight is 306 g/mol. The lowest BCUT2D eigenvalue weighted by atomic mass is 10.1. The maximum atomic E-state index is 11.6. The van der Waals surface area contributed by atoms with Crippen LogP contribution in [-0.2, 0) is 5.75 Å². The maximum absolute atomic E-state index is 11.6. The number of nitrogens with two attached hydrogens (primary N) is 1. The molecular formula is C15H18N2O3S. The van der Waals surface area contributed by atoms with Gasteiger partial charge in [-0.3, -0.25) is 4.99 Å². The summed E-state index contributed by atoms with van der Waals surface area (Å²) in [5.41, 5.74) is 6.84. The maximum Gasteiger partial charge on any atom is 0.336 e. The van der Waals surface area contributed by atoms with Crippen LogP contribution in [0.1, 0.15) is 19.4 Å². The van der Waals surface area contributed by atoms with Crippen LogP contribution in [0.25, 0.3) is 11.0 Å².